The Morgan fingerprint density at radius 2 is 1.06 bits per heavy atom. The molecule has 0 amide bonds. The van der Waals surface area contributed by atoms with Gasteiger partial charge >= 0.3 is 17.0 Å². The van der Waals surface area contributed by atoms with Crippen LogP contribution in [0.1, 0.15) is 0 Å². The Morgan fingerprint density at radius 1 is 0.750 bits per heavy atom. The largest absolute Gasteiger partial charge is 0.340 e. The molecule has 0 heterocycles. The van der Waals surface area contributed by atoms with Crippen molar-refractivity contribution in [2.75, 3.05) is 38.4 Å². The average molecular weight is 256 g/mol. The van der Waals surface area contributed by atoms with Gasteiger partial charge in [-0.25, -0.2) is 8.66 Å². The van der Waals surface area contributed by atoms with Crippen LogP contribution in [0.25, 0.3) is 0 Å². The molecule has 1 aromatic rings. The lowest BCUT2D eigenvalue weighted by Gasteiger charge is -2.00. The smallest absolute Gasteiger partial charge is 0.285 e. The summed E-state index contributed by atoms with van der Waals surface area (Å²) >= 11 is 0. The van der Waals surface area contributed by atoms with Crippen LogP contribution in [0.4, 0.5) is 11.4 Å². The number of nitrogens with one attached hydrogen (secondary N) is 2. The van der Waals surface area contributed by atoms with Crippen LogP contribution in [0, 0.1) is 0 Å². The first-order valence-corrected chi connectivity index (χ1v) is 6.65. The number of anilines is 2. The van der Waals surface area contributed by atoms with Crippen molar-refractivity contribution in [3.63, 3.8) is 0 Å². The highest BCUT2D eigenvalue weighted by Crippen LogP contribution is 2.18. The van der Waals surface area contributed by atoms with E-state index in [-0.39, 0.29) is 0 Å². The molecule has 2 N–H and O–H groups in total. The summed E-state index contributed by atoms with van der Waals surface area (Å²) in [5.41, 5.74) is 2.25. The van der Waals surface area contributed by atoms with E-state index in [1.807, 2.05) is 28.2 Å². The van der Waals surface area contributed by atoms with E-state index in [0.29, 0.717) is 0 Å². The molecule has 86 valence electrons. The minimum Gasteiger partial charge on any atom is -0.285 e. The predicted molar refractivity (Wildman–Crippen MR) is 71.7 cm³/mol. The molecule has 1 rings (SSSR count). The standard InChI is InChI=1S/C10H16N4P2/c1-13(2)15-11-9-5-7-10(8-6-9)12-16-14(3)4/h5-8H,1-4H3/p+2. The van der Waals surface area contributed by atoms with Crippen molar-refractivity contribution in [1.82, 2.24) is 0 Å². The van der Waals surface area contributed by atoms with Crippen LogP contribution < -0.4 is 10.2 Å². The first-order valence-electron chi connectivity index (χ1n) is 4.96. The number of nitrogens with zero attached hydrogens (tertiary/aromatic N) is 2. The second kappa shape index (κ2) is 6.57. The van der Waals surface area contributed by atoms with Crippen LogP contribution >= 0.6 is 17.0 Å². The van der Waals surface area contributed by atoms with Gasteiger partial charge in [0, 0.05) is 11.4 Å². The van der Waals surface area contributed by atoms with Gasteiger partial charge in [0.15, 0.2) is 0 Å². The summed E-state index contributed by atoms with van der Waals surface area (Å²) in [5, 5.41) is 6.59. The lowest BCUT2D eigenvalue weighted by atomic mass is 10.3. The highest BCUT2D eigenvalue weighted by atomic mass is 31.1. The van der Waals surface area contributed by atoms with Crippen LogP contribution in [0.2, 0.25) is 0 Å². The van der Waals surface area contributed by atoms with E-state index in [2.05, 4.69) is 43.1 Å². The summed E-state index contributed by atoms with van der Waals surface area (Å²) in [7, 11) is 10.3. The zero-order chi connectivity index (χ0) is 12.0. The average Bonchev–Trinajstić information content (AvgIpc) is 2.25. The maximum atomic E-state index is 3.29. The first-order chi connectivity index (χ1) is 7.58. The Hall–Kier alpha value is -0.980. The van der Waals surface area contributed by atoms with Crippen molar-refractivity contribution in [2.24, 2.45) is 0 Å². The molecule has 4 nitrogen and oxygen atoms in total. The third kappa shape index (κ3) is 5.20. The summed E-state index contributed by atoms with van der Waals surface area (Å²) in [4.78, 5) is 0. The molecule has 0 aliphatic rings. The lowest BCUT2D eigenvalue weighted by Crippen LogP contribution is -1.92. The third-order valence-corrected chi connectivity index (χ3v) is 3.16. The molecule has 0 bridgehead atoms. The molecule has 0 unspecified atom stereocenters. The van der Waals surface area contributed by atoms with Crippen LogP contribution in [0.15, 0.2) is 24.3 Å². The fraction of sp³-hybridized carbons (Fsp3) is 0.400. The number of hydrogen-bond donors (Lipinski definition) is 2. The monoisotopic (exact) mass is 256 g/mol. The van der Waals surface area contributed by atoms with Gasteiger partial charge in [0.1, 0.15) is 28.2 Å². The summed E-state index contributed by atoms with van der Waals surface area (Å²) in [6, 6.07) is 8.29. The van der Waals surface area contributed by atoms with Gasteiger partial charge in [0.25, 0.3) is 0 Å². The molecule has 0 spiro atoms. The van der Waals surface area contributed by atoms with Gasteiger partial charge in [0.2, 0.25) is 0 Å². The lowest BCUT2D eigenvalue weighted by molar-refractivity contribution is -0.437. The van der Waals surface area contributed by atoms with E-state index < -0.39 is 0 Å². The zero-order valence-corrected chi connectivity index (χ0v) is 11.9. The summed E-state index contributed by atoms with van der Waals surface area (Å²) < 4.78 is 4.13. The summed E-state index contributed by atoms with van der Waals surface area (Å²) in [6.07, 6.45) is 0. The fourth-order valence-corrected chi connectivity index (χ4v) is 1.86. The topological polar surface area (TPSA) is 30.1 Å². The van der Waals surface area contributed by atoms with Gasteiger partial charge in [-0.15, -0.1) is 0 Å². The molecule has 1 aromatic carbocycles. The van der Waals surface area contributed by atoms with Crippen molar-refractivity contribution >= 4 is 28.4 Å². The van der Waals surface area contributed by atoms with Gasteiger partial charge in [-0.3, -0.25) is 10.2 Å². The minimum absolute atomic E-state index is 1.09. The van der Waals surface area contributed by atoms with E-state index in [9.17, 15) is 0 Å². The number of hydrogen-bond acceptors (Lipinski definition) is 0. The Kier molecular flexibility index (Phi) is 5.37. The maximum Gasteiger partial charge on any atom is 0.340 e. The summed E-state index contributed by atoms with van der Waals surface area (Å²) in [6.45, 7) is 0. The molecular weight excluding hydrogens is 238 g/mol. The van der Waals surface area contributed by atoms with Gasteiger partial charge < -0.3 is 0 Å². The number of rotatable bonds is 4. The Balaban J connectivity index is 2.61. The summed E-state index contributed by atoms with van der Waals surface area (Å²) in [5.74, 6) is 0. The third-order valence-electron chi connectivity index (χ3n) is 1.64. The second-order valence-corrected chi connectivity index (χ2v) is 6.14. The van der Waals surface area contributed by atoms with Crippen molar-refractivity contribution in [2.45, 2.75) is 0 Å². The fourth-order valence-electron chi connectivity index (χ4n) is 0.935. The SMILES string of the molecule is C[N+](C)=PNc1ccc(NP=[N+](C)C)cc1. The van der Waals surface area contributed by atoms with Crippen LogP contribution in [-0.2, 0) is 0 Å². The van der Waals surface area contributed by atoms with Crippen molar-refractivity contribution in [3.8, 4) is 0 Å². The van der Waals surface area contributed by atoms with Gasteiger partial charge in [-0.05, 0) is 24.3 Å². The van der Waals surface area contributed by atoms with Gasteiger partial charge in [-0.2, -0.15) is 0 Å². The van der Waals surface area contributed by atoms with Gasteiger partial charge in [0.05, 0.1) is 0 Å². The quantitative estimate of drug-likeness (QED) is 0.810. The van der Waals surface area contributed by atoms with Crippen LogP contribution in [-0.4, -0.2) is 36.8 Å². The normalized spacial score (nSPS) is 10.2. The molecule has 0 saturated carbocycles. The molecule has 0 radical (unpaired) electrons. The molecule has 0 atom stereocenters. The molecular formula is C10H18N4P2+2. The van der Waals surface area contributed by atoms with Crippen molar-refractivity contribution < 1.29 is 8.66 Å². The highest BCUT2D eigenvalue weighted by molar-refractivity contribution is 7.26. The Bertz CT molecular complexity index is 351. The minimum atomic E-state index is 1.09. The Labute approximate surface area is 100 Å². The van der Waals surface area contributed by atoms with Crippen molar-refractivity contribution in [3.05, 3.63) is 24.3 Å². The molecule has 0 saturated heterocycles. The van der Waals surface area contributed by atoms with E-state index in [4.69, 9.17) is 0 Å². The molecule has 6 heteroatoms. The van der Waals surface area contributed by atoms with Crippen LogP contribution in [0.5, 0.6) is 0 Å². The highest BCUT2D eigenvalue weighted by Gasteiger charge is 1.95. The molecule has 0 aliphatic heterocycles. The van der Waals surface area contributed by atoms with Gasteiger partial charge in [-0.1, -0.05) is 0 Å². The zero-order valence-electron chi connectivity index (χ0n) is 10.1. The Morgan fingerprint density at radius 3 is 1.31 bits per heavy atom. The molecule has 0 fully saturated rings. The maximum absolute atomic E-state index is 3.29. The van der Waals surface area contributed by atoms with Crippen LogP contribution in [0.3, 0.4) is 0 Å². The first kappa shape index (κ1) is 13.1. The molecule has 0 aromatic heterocycles. The predicted octanol–water partition coefficient (Wildman–Crippen LogP) is 3.14. The van der Waals surface area contributed by atoms with Crippen molar-refractivity contribution in [1.29, 1.82) is 0 Å². The van der Waals surface area contributed by atoms with E-state index in [1.54, 1.807) is 0 Å². The second-order valence-electron chi connectivity index (χ2n) is 3.70. The molecule has 16 heavy (non-hydrogen) atoms. The van der Waals surface area contributed by atoms with E-state index >= 15 is 0 Å². The number of benzene rings is 1. The molecule has 0 aliphatic carbocycles. The van der Waals surface area contributed by atoms with E-state index in [0.717, 1.165) is 28.4 Å². The van der Waals surface area contributed by atoms with E-state index in [1.165, 1.54) is 0 Å².